The molecule has 12 heavy (non-hydrogen) atoms. The fourth-order valence-electron chi connectivity index (χ4n) is 3.14. The summed E-state index contributed by atoms with van der Waals surface area (Å²) in [6.45, 7) is 7.28. The van der Waals surface area contributed by atoms with E-state index in [1.54, 1.807) is 19.3 Å². The van der Waals surface area contributed by atoms with E-state index in [1.165, 1.54) is 19.3 Å². The van der Waals surface area contributed by atoms with Gasteiger partial charge >= 0.3 is 0 Å². The van der Waals surface area contributed by atoms with Crippen LogP contribution in [0.15, 0.2) is 0 Å². The largest absolute Gasteiger partial charge is 0.0651 e. The summed E-state index contributed by atoms with van der Waals surface area (Å²) in [7, 11) is 0. The lowest BCUT2D eigenvalue weighted by Gasteiger charge is -2.50. The van der Waals surface area contributed by atoms with Crippen LogP contribution < -0.4 is 0 Å². The lowest BCUT2D eigenvalue weighted by atomic mass is 9.55. The van der Waals surface area contributed by atoms with Crippen LogP contribution in [0.5, 0.6) is 0 Å². The van der Waals surface area contributed by atoms with E-state index in [1.807, 2.05) is 0 Å². The average Bonchev–Trinajstić information content (AvgIpc) is 2.83. The second kappa shape index (κ2) is 2.49. The molecule has 0 saturated heterocycles. The first-order chi connectivity index (χ1) is 5.62. The highest BCUT2D eigenvalue weighted by molar-refractivity contribution is 5.12. The van der Waals surface area contributed by atoms with Gasteiger partial charge in [0, 0.05) is 0 Å². The Labute approximate surface area is 76.7 Å². The molecular formula is C12H22. The highest BCUT2D eigenvalue weighted by Crippen LogP contribution is 2.73. The fraction of sp³-hybridized carbons (Fsp3) is 1.00. The maximum Gasteiger partial charge on any atom is -0.0243 e. The van der Waals surface area contributed by atoms with Gasteiger partial charge in [-0.25, -0.2) is 0 Å². The lowest BCUT2D eigenvalue weighted by molar-refractivity contribution is 0.00138. The zero-order chi connectivity index (χ0) is 8.82. The molecule has 0 radical (unpaired) electrons. The minimum absolute atomic E-state index is 0.752. The van der Waals surface area contributed by atoms with E-state index in [4.69, 9.17) is 0 Å². The summed E-state index contributed by atoms with van der Waals surface area (Å²) < 4.78 is 0. The molecule has 0 aromatic heterocycles. The van der Waals surface area contributed by atoms with E-state index in [-0.39, 0.29) is 0 Å². The molecule has 1 spiro atoms. The molecule has 0 nitrogen and oxygen atoms in total. The minimum Gasteiger partial charge on any atom is -0.0651 e. The first kappa shape index (κ1) is 8.59. The molecule has 0 aliphatic heterocycles. The Balaban J connectivity index is 1.94. The van der Waals surface area contributed by atoms with Crippen LogP contribution in [0.25, 0.3) is 0 Å². The third-order valence-corrected chi connectivity index (χ3v) is 4.79. The van der Waals surface area contributed by atoms with Gasteiger partial charge < -0.3 is 0 Å². The van der Waals surface area contributed by atoms with Crippen molar-refractivity contribution in [3.8, 4) is 0 Å². The van der Waals surface area contributed by atoms with Gasteiger partial charge in [0.25, 0.3) is 0 Å². The average molecular weight is 166 g/mol. The van der Waals surface area contributed by atoms with Crippen molar-refractivity contribution >= 4 is 0 Å². The predicted molar refractivity (Wildman–Crippen MR) is 53.1 cm³/mol. The molecule has 2 unspecified atom stereocenters. The molecule has 70 valence electrons. The SMILES string of the molecule is CCC(C)CC1(C)CCC12CC2. The van der Waals surface area contributed by atoms with Crippen LogP contribution >= 0.6 is 0 Å². The first-order valence-corrected chi connectivity index (χ1v) is 5.62. The third-order valence-electron chi connectivity index (χ3n) is 4.79. The highest BCUT2D eigenvalue weighted by Gasteiger charge is 2.62. The maximum atomic E-state index is 2.54. The summed E-state index contributed by atoms with van der Waals surface area (Å²) in [5.41, 5.74) is 1.61. The van der Waals surface area contributed by atoms with Gasteiger partial charge in [-0.15, -0.1) is 0 Å². The van der Waals surface area contributed by atoms with Crippen LogP contribution in [0.3, 0.4) is 0 Å². The van der Waals surface area contributed by atoms with Crippen molar-refractivity contribution < 1.29 is 0 Å². The van der Waals surface area contributed by atoms with E-state index in [9.17, 15) is 0 Å². The topological polar surface area (TPSA) is 0 Å². The Bertz CT molecular complexity index is 178. The lowest BCUT2D eigenvalue weighted by Crippen LogP contribution is -2.40. The second-order valence-electron chi connectivity index (χ2n) is 5.56. The summed E-state index contributed by atoms with van der Waals surface area (Å²) in [6.07, 6.45) is 8.99. The van der Waals surface area contributed by atoms with Crippen LogP contribution in [-0.2, 0) is 0 Å². The summed E-state index contributed by atoms with van der Waals surface area (Å²) >= 11 is 0. The molecule has 2 aliphatic rings. The molecule has 0 heterocycles. The highest BCUT2D eigenvalue weighted by atomic mass is 14.7. The van der Waals surface area contributed by atoms with Gasteiger partial charge in [-0.3, -0.25) is 0 Å². The van der Waals surface area contributed by atoms with Gasteiger partial charge in [0.15, 0.2) is 0 Å². The van der Waals surface area contributed by atoms with E-state index < -0.39 is 0 Å². The van der Waals surface area contributed by atoms with Gasteiger partial charge in [0.05, 0.1) is 0 Å². The van der Waals surface area contributed by atoms with Crippen molar-refractivity contribution in [1.29, 1.82) is 0 Å². The van der Waals surface area contributed by atoms with E-state index in [2.05, 4.69) is 20.8 Å². The molecule has 0 bridgehead atoms. The molecule has 0 N–H and O–H groups in total. The summed E-state index contributed by atoms with van der Waals surface area (Å²) in [4.78, 5) is 0. The van der Waals surface area contributed by atoms with Crippen molar-refractivity contribution in [3.05, 3.63) is 0 Å². The van der Waals surface area contributed by atoms with Crippen molar-refractivity contribution in [1.82, 2.24) is 0 Å². The van der Waals surface area contributed by atoms with Gasteiger partial charge in [-0.2, -0.15) is 0 Å². The molecule has 2 fully saturated rings. The molecular weight excluding hydrogens is 144 g/mol. The van der Waals surface area contributed by atoms with Gasteiger partial charge in [0.1, 0.15) is 0 Å². The van der Waals surface area contributed by atoms with Gasteiger partial charge in [-0.1, -0.05) is 27.2 Å². The monoisotopic (exact) mass is 166 g/mol. The van der Waals surface area contributed by atoms with E-state index in [0.29, 0.717) is 0 Å². The minimum atomic E-state index is 0.752. The molecule has 0 heteroatoms. The Morgan fingerprint density at radius 2 is 1.75 bits per heavy atom. The van der Waals surface area contributed by atoms with Crippen molar-refractivity contribution in [3.63, 3.8) is 0 Å². The number of hydrogen-bond donors (Lipinski definition) is 0. The fourth-order valence-corrected chi connectivity index (χ4v) is 3.14. The quantitative estimate of drug-likeness (QED) is 0.594. The van der Waals surface area contributed by atoms with Crippen molar-refractivity contribution in [2.45, 2.75) is 59.3 Å². The Morgan fingerprint density at radius 1 is 1.17 bits per heavy atom. The van der Waals surface area contributed by atoms with E-state index in [0.717, 1.165) is 16.7 Å². The smallest absolute Gasteiger partial charge is 0.0243 e. The zero-order valence-electron chi connectivity index (χ0n) is 8.82. The molecule has 0 aromatic rings. The van der Waals surface area contributed by atoms with Gasteiger partial charge in [0.2, 0.25) is 0 Å². The van der Waals surface area contributed by atoms with Crippen LogP contribution in [0.1, 0.15) is 59.3 Å². The third kappa shape index (κ3) is 1.03. The van der Waals surface area contributed by atoms with Crippen molar-refractivity contribution in [2.24, 2.45) is 16.7 Å². The van der Waals surface area contributed by atoms with Crippen LogP contribution in [-0.4, -0.2) is 0 Å². The molecule has 2 atom stereocenters. The van der Waals surface area contributed by atoms with Crippen LogP contribution in [0, 0.1) is 16.7 Å². The molecule has 2 saturated carbocycles. The zero-order valence-corrected chi connectivity index (χ0v) is 8.82. The second-order valence-corrected chi connectivity index (χ2v) is 5.56. The molecule has 0 amide bonds. The number of hydrogen-bond acceptors (Lipinski definition) is 0. The Morgan fingerprint density at radius 3 is 2.08 bits per heavy atom. The van der Waals surface area contributed by atoms with Crippen LogP contribution in [0.2, 0.25) is 0 Å². The molecule has 0 aromatic carbocycles. The van der Waals surface area contributed by atoms with Crippen LogP contribution in [0.4, 0.5) is 0 Å². The first-order valence-electron chi connectivity index (χ1n) is 5.62. The molecule has 2 aliphatic carbocycles. The van der Waals surface area contributed by atoms with E-state index >= 15 is 0 Å². The van der Waals surface area contributed by atoms with Gasteiger partial charge in [-0.05, 0) is 48.9 Å². The number of rotatable bonds is 3. The predicted octanol–water partition coefficient (Wildman–Crippen LogP) is 4.00. The Kier molecular flexibility index (Phi) is 1.79. The summed E-state index contributed by atoms with van der Waals surface area (Å²) in [5, 5.41) is 0. The maximum absolute atomic E-state index is 2.54. The van der Waals surface area contributed by atoms with Crippen molar-refractivity contribution in [2.75, 3.05) is 0 Å². The molecule has 2 rings (SSSR count). The summed E-state index contributed by atoms with van der Waals surface area (Å²) in [5.74, 6) is 0.952. The Hall–Kier alpha value is 0. The summed E-state index contributed by atoms with van der Waals surface area (Å²) in [6, 6.07) is 0. The standard InChI is InChI=1S/C12H22/c1-4-10(2)9-11(3)5-6-12(11)7-8-12/h10H,4-9H2,1-3H3. The normalized spacial score (nSPS) is 39.2.